The van der Waals surface area contributed by atoms with Crippen molar-refractivity contribution < 1.29 is 9.90 Å². The van der Waals surface area contributed by atoms with Crippen LogP contribution in [-0.4, -0.2) is 59.6 Å². The first-order chi connectivity index (χ1) is 9.73. The number of carbonyl (C=O) groups is 1. The number of carbonyl (C=O) groups excluding carboxylic acids is 1. The zero-order valence-electron chi connectivity index (χ0n) is 14.1. The van der Waals surface area contributed by atoms with Crippen molar-refractivity contribution in [1.82, 2.24) is 9.80 Å². The van der Waals surface area contributed by atoms with Crippen molar-refractivity contribution in [2.75, 3.05) is 32.7 Å². The fraction of sp³-hybridized carbons (Fsp3) is 0.824. The maximum absolute atomic E-state index is 12.7. The number of rotatable bonds is 4. The van der Waals surface area contributed by atoms with Crippen LogP contribution in [0.4, 0.5) is 0 Å². The van der Waals surface area contributed by atoms with E-state index in [1.807, 2.05) is 11.8 Å². The smallest absolute Gasteiger partial charge is 0.226 e. The summed E-state index contributed by atoms with van der Waals surface area (Å²) in [6, 6.07) is 0. The molecule has 0 aromatic rings. The molecular formula is C17H30N2O2. The lowest BCUT2D eigenvalue weighted by Crippen LogP contribution is -2.50. The Balaban J connectivity index is 1.90. The van der Waals surface area contributed by atoms with Crippen molar-refractivity contribution in [1.29, 1.82) is 0 Å². The van der Waals surface area contributed by atoms with E-state index in [0.717, 1.165) is 26.2 Å². The van der Waals surface area contributed by atoms with E-state index in [9.17, 15) is 9.90 Å². The molecule has 1 aliphatic carbocycles. The van der Waals surface area contributed by atoms with E-state index in [4.69, 9.17) is 0 Å². The van der Waals surface area contributed by atoms with Crippen LogP contribution in [0.15, 0.2) is 11.6 Å². The third-order valence-electron chi connectivity index (χ3n) is 4.90. The van der Waals surface area contributed by atoms with E-state index in [2.05, 4.69) is 38.7 Å². The van der Waals surface area contributed by atoms with Gasteiger partial charge < -0.3 is 10.0 Å². The zero-order valence-corrected chi connectivity index (χ0v) is 14.1. The summed E-state index contributed by atoms with van der Waals surface area (Å²) >= 11 is 0. The van der Waals surface area contributed by atoms with Crippen LogP contribution in [0.25, 0.3) is 0 Å². The van der Waals surface area contributed by atoms with Crippen LogP contribution in [0, 0.1) is 17.3 Å². The molecule has 1 heterocycles. The van der Waals surface area contributed by atoms with Crippen molar-refractivity contribution >= 4 is 5.91 Å². The Hall–Kier alpha value is -0.870. The third-order valence-corrected chi connectivity index (χ3v) is 4.90. The van der Waals surface area contributed by atoms with Gasteiger partial charge in [-0.25, -0.2) is 0 Å². The lowest BCUT2D eigenvalue weighted by atomic mass is 10.1. The molecule has 0 radical (unpaired) electrons. The van der Waals surface area contributed by atoms with E-state index in [0.29, 0.717) is 18.4 Å². The second-order valence-electron chi connectivity index (χ2n) is 7.54. The molecule has 2 rings (SSSR count). The highest BCUT2D eigenvalue weighted by atomic mass is 16.3. The number of hydrogen-bond acceptors (Lipinski definition) is 3. The highest BCUT2D eigenvalue weighted by Crippen LogP contribution is 2.60. The number of aliphatic hydroxyl groups excluding tert-OH is 1. The molecule has 0 aromatic carbocycles. The Morgan fingerprint density at radius 3 is 2.33 bits per heavy atom. The Morgan fingerprint density at radius 2 is 1.86 bits per heavy atom. The van der Waals surface area contributed by atoms with Crippen LogP contribution in [0.2, 0.25) is 0 Å². The highest BCUT2D eigenvalue weighted by molar-refractivity contribution is 5.84. The fourth-order valence-electron chi connectivity index (χ4n) is 3.54. The van der Waals surface area contributed by atoms with E-state index in [1.54, 1.807) is 0 Å². The normalized spacial score (nSPS) is 29.9. The molecule has 2 aliphatic rings. The first-order valence-electron chi connectivity index (χ1n) is 8.07. The van der Waals surface area contributed by atoms with Gasteiger partial charge in [0.1, 0.15) is 0 Å². The number of amides is 1. The average Bonchev–Trinajstić information content (AvgIpc) is 2.89. The minimum atomic E-state index is -0.295. The predicted molar refractivity (Wildman–Crippen MR) is 84.9 cm³/mol. The monoisotopic (exact) mass is 294 g/mol. The molecule has 21 heavy (non-hydrogen) atoms. The predicted octanol–water partition coefficient (Wildman–Crippen LogP) is 1.75. The van der Waals surface area contributed by atoms with Gasteiger partial charge in [-0.3, -0.25) is 9.69 Å². The molecule has 1 saturated heterocycles. The maximum atomic E-state index is 12.7. The van der Waals surface area contributed by atoms with E-state index in [-0.39, 0.29) is 17.4 Å². The minimum absolute atomic E-state index is 0.102. The number of nitrogens with zero attached hydrogens (tertiary/aromatic N) is 2. The molecule has 4 heteroatoms. The second kappa shape index (κ2) is 6.09. The zero-order chi connectivity index (χ0) is 15.8. The van der Waals surface area contributed by atoms with E-state index in [1.165, 1.54) is 5.57 Å². The van der Waals surface area contributed by atoms with E-state index >= 15 is 0 Å². The summed E-state index contributed by atoms with van der Waals surface area (Å²) in [5, 5.41) is 9.44. The lowest BCUT2D eigenvalue weighted by molar-refractivity contribution is -0.135. The quantitative estimate of drug-likeness (QED) is 0.803. The number of piperazine rings is 1. The van der Waals surface area contributed by atoms with Crippen LogP contribution in [-0.2, 0) is 4.79 Å². The molecule has 0 spiro atoms. The molecule has 120 valence electrons. The summed E-state index contributed by atoms with van der Waals surface area (Å²) in [6.07, 6.45) is 1.96. The van der Waals surface area contributed by atoms with Gasteiger partial charge in [0, 0.05) is 32.7 Å². The van der Waals surface area contributed by atoms with Crippen molar-refractivity contribution in [2.45, 2.75) is 40.7 Å². The van der Waals surface area contributed by atoms with Gasteiger partial charge in [0.2, 0.25) is 5.91 Å². The molecule has 0 unspecified atom stereocenters. The first kappa shape index (κ1) is 16.5. The molecule has 1 aliphatic heterocycles. The number of aliphatic hydroxyl groups is 1. The van der Waals surface area contributed by atoms with Gasteiger partial charge >= 0.3 is 0 Å². The Morgan fingerprint density at radius 1 is 1.29 bits per heavy atom. The number of hydrogen-bond donors (Lipinski definition) is 1. The number of β-amino-alcohol motifs (C(OH)–C–C–N with tert-alkyl or cyclic N) is 1. The minimum Gasteiger partial charge on any atom is -0.392 e. The van der Waals surface area contributed by atoms with Crippen LogP contribution >= 0.6 is 0 Å². The summed E-state index contributed by atoms with van der Waals surface area (Å²) in [4.78, 5) is 17.0. The molecule has 1 saturated carbocycles. The molecule has 4 nitrogen and oxygen atoms in total. The number of allylic oxidation sites excluding steroid dienone is 2. The topological polar surface area (TPSA) is 43.8 Å². The molecular weight excluding hydrogens is 264 g/mol. The summed E-state index contributed by atoms with van der Waals surface area (Å²) in [5.41, 5.74) is 1.40. The average molecular weight is 294 g/mol. The van der Waals surface area contributed by atoms with E-state index < -0.39 is 0 Å². The second-order valence-corrected chi connectivity index (χ2v) is 7.54. The van der Waals surface area contributed by atoms with Crippen LogP contribution in [0.5, 0.6) is 0 Å². The summed E-state index contributed by atoms with van der Waals surface area (Å²) in [5.74, 6) is 0.861. The largest absolute Gasteiger partial charge is 0.392 e. The molecule has 0 bridgehead atoms. The first-order valence-corrected chi connectivity index (χ1v) is 8.07. The highest BCUT2D eigenvalue weighted by Gasteiger charge is 2.61. The molecule has 2 fully saturated rings. The third kappa shape index (κ3) is 3.67. The lowest BCUT2D eigenvalue weighted by Gasteiger charge is -2.35. The van der Waals surface area contributed by atoms with Gasteiger partial charge in [-0.1, -0.05) is 25.5 Å². The Kier molecular flexibility index (Phi) is 4.79. The molecule has 1 amide bonds. The summed E-state index contributed by atoms with van der Waals surface area (Å²) in [6.45, 7) is 14.4. The fourth-order valence-corrected chi connectivity index (χ4v) is 3.54. The van der Waals surface area contributed by atoms with Crippen LogP contribution in [0.3, 0.4) is 0 Å². The van der Waals surface area contributed by atoms with Gasteiger partial charge in [0.15, 0.2) is 0 Å². The van der Waals surface area contributed by atoms with Gasteiger partial charge in [-0.05, 0) is 32.1 Å². The summed E-state index contributed by atoms with van der Waals surface area (Å²) < 4.78 is 0. The van der Waals surface area contributed by atoms with Crippen molar-refractivity contribution in [3.63, 3.8) is 0 Å². The summed E-state index contributed by atoms with van der Waals surface area (Å²) in [7, 11) is 0. The Labute approximate surface area is 128 Å². The Bertz CT molecular complexity index is 417. The molecule has 0 aromatic heterocycles. The van der Waals surface area contributed by atoms with Crippen molar-refractivity contribution in [3.05, 3.63) is 11.6 Å². The molecule has 3 atom stereocenters. The SMILES string of the molecule is CC(C)=C[C@@H]1[C@@H](C(=O)N2CCN(C[C@@H](C)O)CC2)C1(C)C. The van der Waals surface area contributed by atoms with Crippen molar-refractivity contribution in [2.24, 2.45) is 17.3 Å². The maximum Gasteiger partial charge on any atom is 0.226 e. The van der Waals surface area contributed by atoms with Gasteiger partial charge in [-0.2, -0.15) is 0 Å². The van der Waals surface area contributed by atoms with Gasteiger partial charge in [0.05, 0.1) is 12.0 Å². The standard InChI is InChI=1S/C17H30N2O2/c1-12(2)10-14-15(17(14,4)5)16(21)19-8-6-18(7-9-19)11-13(3)20/h10,13-15,20H,6-9,11H2,1-5H3/t13-,14-,15+/m1/s1. The van der Waals surface area contributed by atoms with Crippen molar-refractivity contribution in [3.8, 4) is 0 Å². The van der Waals surface area contributed by atoms with Crippen LogP contribution < -0.4 is 0 Å². The van der Waals surface area contributed by atoms with Gasteiger partial charge in [0.25, 0.3) is 0 Å². The molecule has 1 N–H and O–H groups in total. The van der Waals surface area contributed by atoms with Gasteiger partial charge in [-0.15, -0.1) is 0 Å². The van der Waals surface area contributed by atoms with Crippen LogP contribution in [0.1, 0.15) is 34.6 Å².